The van der Waals surface area contributed by atoms with Crippen molar-refractivity contribution in [2.75, 3.05) is 114 Å². The predicted molar refractivity (Wildman–Crippen MR) is 382 cm³/mol. The van der Waals surface area contributed by atoms with E-state index in [-0.39, 0.29) is 164 Å². The first-order chi connectivity index (χ1) is 49.9. The van der Waals surface area contributed by atoms with Crippen LogP contribution in [-0.4, -0.2) is 217 Å². The molecule has 2 aromatic heterocycles. The largest absolute Gasteiger partial charge is 0.512 e. The van der Waals surface area contributed by atoms with E-state index >= 15 is 0 Å². The van der Waals surface area contributed by atoms with Gasteiger partial charge in [0.15, 0.2) is 0 Å². The van der Waals surface area contributed by atoms with Crippen molar-refractivity contribution < 1.29 is 91.4 Å². The number of rotatable bonds is 38. The van der Waals surface area contributed by atoms with Gasteiger partial charge in [0.25, 0.3) is 23.6 Å². The molecule has 104 heavy (non-hydrogen) atoms. The number of aromatic amines is 1. The standard InChI is InChI=1S/C71H88ClN13O19/c1-42(2)62(81-69(96)102-34-33-101-32-31-100-30-29-99-28-27-84-58(87)21-22-59(84)88)65(91)79-52(12-8-23-75-68(74)95)64(90)77-48-17-13-44(14-18-48)41-103-70(97)82(4)25-26-83(24-6-5-11-51(73)67(93)94)71(98)104-56-37-55-61(60-43(3)9-7-10-50(56)60)47(38-72)40-85(55)66(92)53-35-46-36-57(76-39-54(46)78-53)80-63(89)45-15-19-49(86)20-16-45/h7,9-10,13-15,17-19,21-22,35-37,39,42,47,51-52,62,78,86H,5-6,8,11-12,16,20,23-34,38,40-41,73H2,1-4H3,(H,77,90)(H,79,91)(H,81,96)(H,93,94)(H3,74,75,95)(H,76,80,89)/t47-,51+,52+,62+/m1/s1. The summed E-state index contributed by atoms with van der Waals surface area (Å²) in [6, 6.07) is 12.6. The summed E-state index contributed by atoms with van der Waals surface area (Å²) in [4.78, 5) is 155. The highest BCUT2D eigenvalue weighted by molar-refractivity contribution is 6.20. The van der Waals surface area contributed by atoms with Crippen molar-refractivity contribution in [2.45, 2.75) is 96.4 Å². The van der Waals surface area contributed by atoms with E-state index in [9.17, 15) is 63.0 Å². The number of carboxylic acid groups (broad SMARTS) is 1. The number of likely N-dealkylation sites (N-methyl/N-ethyl adjacent to an activating group) is 1. The highest BCUT2D eigenvalue weighted by Gasteiger charge is 2.37. The van der Waals surface area contributed by atoms with Crippen LogP contribution in [0.15, 0.2) is 102 Å². The number of primary amides is 1. The van der Waals surface area contributed by atoms with Crippen molar-refractivity contribution in [3.05, 3.63) is 125 Å². The van der Waals surface area contributed by atoms with Gasteiger partial charge in [-0.15, -0.1) is 11.6 Å². The number of benzene rings is 3. The number of ether oxygens (including phenoxy) is 6. The van der Waals surface area contributed by atoms with E-state index in [1.165, 1.54) is 41.3 Å². The lowest BCUT2D eigenvalue weighted by Crippen LogP contribution is -2.54. The number of aliphatic carboxylic acids is 1. The molecule has 0 spiro atoms. The molecule has 558 valence electrons. The lowest BCUT2D eigenvalue weighted by atomic mass is 9.92. The Morgan fingerprint density at radius 2 is 1.51 bits per heavy atom. The van der Waals surface area contributed by atoms with E-state index in [4.69, 9.17) is 51.5 Å². The molecule has 5 aromatic rings. The van der Waals surface area contributed by atoms with E-state index in [1.54, 1.807) is 73.4 Å². The van der Waals surface area contributed by atoms with Crippen LogP contribution in [0.4, 0.5) is 36.4 Å². The van der Waals surface area contributed by atoms with Crippen molar-refractivity contribution in [3.8, 4) is 5.75 Å². The van der Waals surface area contributed by atoms with E-state index in [2.05, 4.69) is 36.6 Å². The zero-order valence-corrected chi connectivity index (χ0v) is 59.0. The molecule has 0 saturated heterocycles. The monoisotopic (exact) mass is 1460 g/mol. The first kappa shape index (κ1) is 79.0. The van der Waals surface area contributed by atoms with Crippen LogP contribution in [0.2, 0.25) is 0 Å². The lowest BCUT2D eigenvalue weighted by Gasteiger charge is -2.26. The van der Waals surface area contributed by atoms with Crippen LogP contribution in [-0.2, 0) is 59.1 Å². The Labute approximate surface area is 604 Å². The van der Waals surface area contributed by atoms with Crippen LogP contribution in [0.25, 0.3) is 21.7 Å². The van der Waals surface area contributed by atoms with Crippen LogP contribution in [0.3, 0.4) is 0 Å². The smallest absolute Gasteiger partial charge is 0.415 e. The van der Waals surface area contributed by atoms with Crippen LogP contribution in [0.1, 0.15) is 91.9 Å². The number of anilines is 3. The number of imide groups is 1. The van der Waals surface area contributed by atoms with Gasteiger partial charge in [0.2, 0.25) is 11.8 Å². The fourth-order valence-electron chi connectivity index (χ4n) is 11.5. The number of nitrogens with one attached hydrogen (secondary N) is 6. The maximum atomic E-state index is 14.7. The number of hydrogen-bond acceptors (Lipinski definition) is 20. The number of nitrogens with zero attached hydrogens (tertiary/aromatic N) is 5. The highest BCUT2D eigenvalue weighted by Crippen LogP contribution is 2.47. The molecular formula is C71H88ClN13O19. The summed E-state index contributed by atoms with van der Waals surface area (Å²) in [7, 11) is 1.48. The maximum Gasteiger partial charge on any atom is 0.415 e. The zero-order valence-electron chi connectivity index (χ0n) is 58.2. The summed E-state index contributed by atoms with van der Waals surface area (Å²) in [6.07, 6.45) is 6.20. The third kappa shape index (κ3) is 22.4. The molecule has 0 unspecified atom stereocenters. The Morgan fingerprint density at radius 1 is 0.798 bits per heavy atom. The topological polar surface area (TPSA) is 437 Å². The second kappa shape index (κ2) is 38.6. The Morgan fingerprint density at radius 3 is 2.18 bits per heavy atom. The van der Waals surface area contributed by atoms with Gasteiger partial charge in [0, 0.05) is 98.2 Å². The van der Waals surface area contributed by atoms with E-state index in [1.807, 2.05) is 19.1 Å². The van der Waals surface area contributed by atoms with Crippen molar-refractivity contribution >= 4 is 116 Å². The molecule has 0 radical (unpaired) electrons. The number of halogens is 1. The number of urea groups is 1. The third-order valence-corrected chi connectivity index (χ3v) is 17.6. The van der Waals surface area contributed by atoms with Gasteiger partial charge in [-0.3, -0.25) is 38.5 Å². The molecule has 8 rings (SSSR count). The van der Waals surface area contributed by atoms with Crippen molar-refractivity contribution in [2.24, 2.45) is 17.4 Å². The van der Waals surface area contributed by atoms with Crippen LogP contribution >= 0.6 is 11.6 Å². The van der Waals surface area contributed by atoms with E-state index < -0.39 is 72.0 Å². The number of hydrogen-bond donors (Lipinski definition) is 10. The van der Waals surface area contributed by atoms with Gasteiger partial charge in [0.1, 0.15) is 48.6 Å². The molecule has 4 heterocycles. The lowest BCUT2D eigenvalue weighted by molar-refractivity contribution is -0.139. The summed E-state index contributed by atoms with van der Waals surface area (Å²) >= 11 is 6.67. The number of allylic oxidation sites excluding steroid dienone is 3. The minimum absolute atomic E-state index is 0.0157. The molecule has 0 bridgehead atoms. The number of aromatic nitrogens is 2. The molecule has 2 aliphatic heterocycles. The molecule has 0 saturated carbocycles. The molecule has 33 heteroatoms. The van der Waals surface area contributed by atoms with Crippen molar-refractivity contribution in [3.63, 3.8) is 0 Å². The molecule has 11 amide bonds. The quantitative estimate of drug-likeness (QED) is 0.0117. The number of H-pyrrole nitrogens is 1. The number of pyridine rings is 1. The Hall–Kier alpha value is -10.7. The van der Waals surface area contributed by atoms with E-state index in [0.717, 1.165) is 21.4 Å². The summed E-state index contributed by atoms with van der Waals surface area (Å²) in [5.74, 6) is -4.12. The molecule has 4 atom stereocenters. The molecular weight excluding hydrogens is 1370 g/mol. The first-order valence-corrected chi connectivity index (χ1v) is 34.5. The van der Waals surface area contributed by atoms with Crippen LogP contribution in [0.5, 0.6) is 5.75 Å². The fourth-order valence-corrected chi connectivity index (χ4v) is 11.8. The number of nitrogens with two attached hydrogens (primary N) is 2. The second-order valence-corrected chi connectivity index (χ2v) is 25.5. The Kier molecular flexibility index (Phi) is 29.3. The summed E-state index contributed by atoms with van der Waals surface area (Å²) in [6.45, 7) is 6.29. The SMILES string of the molecule is Cc1cccc2c(OC(=O)N(CCCC[C@H](N)C(=O)O)CCN(C)C(=O)OCc3ccc(NC(=O)[C@H](CCCNC(N)=O)NC(=O)[C@@H](NC(=O)OCCOCCOCCOCCN4C(=O)C=CC4=O)C(C)C)cc3)cc3c(c12)[C@H](CCl)CN3C(=O)c1cc2cc(NC(=O)C3=CC=C(O)CC3)ncc2[nH]1. The molecule has 3 aliphatic rings. The third-order valence-electron chi connectivity index (χ3n) is 17.2. The maximum absolute atomic E-state index is 14.7. The molecule has 3 aromatic carbocycles. The normalized spacial score (nSPS) is 14.8. The Balaban J connectivity index is 0.843. The predicted octanol–water partition coefficient (Wildman–Crippen LogP) is 6.36. The summed E-state index contributed by atoms with van der Waals surface area (Å²) < 4.78 is 33.5. The van der Waals surface area contributed by atoms with E-state index in [0.29, 0.717) is 64.5 Å². The number of alkyl halides is 1. The van der Waals surface area contributed by atoms with Gasteiger partial charge in [-0.1, -0.05) is 50.3 Å². The van der Waals surface area contributed by atoms with Gasteiger partial charge in [0.05, 0.1) is 69.3 Å². The van der Waals surface area contributed by atoms with Gasteiger partial charge in [-0.2, -0.15) is 0 Å². The van der Waals surface area contributed by atoms with Gasteiger partial charge in [-0.05, 0) is 104 Å². The number of amides is 11. The van der Waals surface area contributed by atoms with Gasteiger partial charge in [-0.25, -0.2) is 24.2 Å². The number of carbonyl (C=O) groups is 11. The molecule has 32 nitrogen and oxygen atoms in total. The minimum atomic E-state index is -1.17. The summed E-state index contributed by atoms with van der Waals surface area (Å²) in [5, 5.41) is 34.4. The Bertz CT molecular complexity index is 4030. The average Bonchev–Trinajstić information content (AvgIpc) is 1.55. The number of aliphatic hydroxyl groups excluding tert-OH is 1. The number of unbranched alkanes of at least 4 members (excludes halogenated alkanes) is 1. The number of aliphatic hydroxyl groups is 1. The van der Waals surface area contributed by atoms with Crippen molar-refractivity contribution in [1.29, 1.82) is 0 Å². The number of alkyl carbamates (subject to hydrolysis) is 1. The highest BCUT2D eigenvalue weighted by atomic mass is 35.5. The minimum Gasteiger partial charge on any atom is -0.512 e. The molecule has 0 fully saturated rings. The number of fused-ring (bicyclic) bond motifs is 4. The van der Waals surface area contributed by atoms with Gasteiger partial charge < -0.3 is 96.4 Å². The van der Waals surface area contributed by atoms with Gasteiger partial charge >= 0.3 is 30.3 Å². The summed E-state index contributed by atoms with van der Waals surface area (Å²) in [5.41, 5.74) is 15.2. The number of aryl methyl sites for hydroxylation is 1. The number of carbonyl (C=O) groups excluding carboxylic acids is 10. The number of carboxylic acids is 1. The second-order valence-electron chi connectivity index (χ2n) is 25.2. The molecule has 12 N–H and O–H groups in total. The fraction of sp³-hybridized carbons (Fsp3) is 0.437. The average molecular weight is 1460 g/mol. The van der Waals surface area contributed by atoms with Crippen LogP contribution < -0.4 is 47.7 Å². The first-order valence-electron chi connectivity index (χ1n) is 34.0. The van der Waals surface area contributed by atoms with Crippen molar-refractivity contribution in [1.82, 2.24) is 40.6 Å². The van der Waals surface area contributed by atoms with Crippen LogP contribution in [0, 0.1) is 12.8 Å². The molecule has 1 aliphatic carbocycles. The zero-order chi connectivity index (χ0) is 75.0.